The Balaban J connectivity index is 1.58. The lowest BCUT2D eigenvalue weighted by Crippen LogP contribution is -2.08. The lowest BCUT2D eigenvalue weighted by molar-refractivity contribution is -0.139. The van der Waals surface area contributed by atoms with Crippen LogP contribution in [0.3, 0.4) is 0 Å². The van der Waals surface area contributed by atoms with Crippen LogP contribution in [0.25, 0.3) is 6.08 Å². The average Bonchev–Trinajstić information content (AvgIpc) is 3.18. The van der Waals surface area contributed by atoms with E-state index in [1.807, 2.05) is 0 Å². The van der Waals surface area contributed by atoms with Crippen molar-refractivity contribution in [1.82, 2.24) is 9.55 Å². The first-order chi connectivity index (χ1) is 11.1. The number of hydrogen-bond acceptors (Lipinski definition) is 5. The van der Waals surface area contributed by atoms with Crippen LogP contribution in [0.2, 0.25) is 0 Å². The summed E-state index contributed by atoms with van der Waals surface area (Å²) in [5, 5.41) is 0. The molecule has 0 saturated heterocycles. The molecule has 3 rings (SSSR count). The number of nitrogens with zero attached hydrogens (tertiary/aromatic N) is 2. The quantitative estimate of drug-likeness (QED) is 0.626. The maximum absolute atomic E-state index is 12.6. The fourth-order valence-corrected chi connectivity index (χ4v) is 2.00. The van der Waals surface area contributed by atoms with E-state index in [1.165, 1.54) is 18.3 Å². The summed E-state index contributed by atoms with van der Waals surface area (Å²) in [7, 11) is 0. The maximum Gasteiger partial charge on any atom is 0.331 e. The number of halogens is 2. The van der Waals surface area contributed by atoms with Crippen molar-refractivity contribution in [2.45, 2.75) is 13.2 Å². The van der Waals surface area contributed by atoms with Crippen LogP contribution in [-0.4, -0.2) is 22.3 Å². The summed E-state index contributed by atoms with van der Waals surface area (Å²) in [5.74, 6) is 0.555. The number of rotatable bonds is 5. The molecule has 2 heterocycles. The van der Waals surface area contributed by atoms with E-state index in [0.29, 0.717) is 16.1 Å². The zero-order valence-corrected chi connectivity index (χ0v) is 11.8. The first kappa shape index (κ1) is 15.0. The number of alkyl halides is 2. The summed E-state index contributed by atoms with van der Waals surface area (Å²) in [6.07, 6.45) is 5.07. The molecule has 0 N–H and O–H groups in total. The Labute approximate surface area is 129 Å². The Hall–Kier alpha value is -2.90. The third kappa shape index (κ3) is 3.47. The van der Waals surface area contributed by atoms with Gasteiger partial charge in [0.15, 0.2) is 17.3 Å². The molecule has 1 aliphatic heterocycles. The number of ether oxygens (including phenoxy) is 3. The first-order valence-corrected chi connectivity index (χ1v) is 6.68. The Bertz CT molecular complexity index is 743. The fraction of sp³-hybridized carbons (Fsp3) is 0.200. The summed E-state index contributed by atoms with van der Waals surface area (Å²) in [5.41, 5.74) is 0.722. The first-order valence-electron chi connectivity index (χ1n) is 6.68. The van der Waals surface area contributed by atoms with Gasteiger partial charge in [0.1, 0.15) is 6.61 Å². The molecule has 0 unspecified atom stereocenters. The molecule has 1 aromatic heterocycles. The number of benzene rings is 1. The van der Waals surface area contributed by atoms with Gasteiger partial charge in [-0.2, -0.15) is 8.78 Å². The van der Waals surface area contributed by atoms with Crippen LogP contribution in [0.1, 0.15) is 17.9 Å². The predicted molar refractivity (Wildman–Crippen MR) is 74.9 cm³/mol. The van der Waals surface area contributed by atoms with Gasteiger partial charge in [-0.05, 0) is 23.8 Å². The molecule has 0 fully saturated rings. The largest absolute Gasteiger partial charge is 0.454 e. The highest BCUT2D eigenvalue weighted by atomic mass is 19.3. The van der Waals surface area contributed by atoms with Crippen LogP contribution in [0.15, 0.2) is 36.7 Å². The van der Waals surface area contributed by atoms with Crippen molar-refractivity contribution in [2.24, 2.45) is 0 Å². The highest BCUT2D eigenvalue weighted by Crippen LogP contribution is 2.32. The van der Waals surface area contributed by atoms with Gasteiger partial charge >= 0.3 is 12.5 Å². The Kier molecular flexibility index (Phi) is 4.22. The Morgan fingerprint density at radius 1 is 1.39 bits per heavy atom. The van der Waals surface area contributed by atoms with E-state index in [9.17, 15) is 13.6 Å². The number of imidazole rings is 1. The zero-order valence-electron chi connectivity index (χ0n) is 11.8. The van der Waals surface area contributed by atoms with Gasteiger partial charge in [-0.25, -0.2) is 9.78 Å². The minimum Gasteiger partial charge on any atom is -0.454 e. The van der Waals surface area contributed by atoms with E-state index in [2.05, 4.69) is 4.98 Å². The second-order valence-corrected chi connectivity index (χ2v) is 4.58. The van der Waals surface area contributed by atoms with Crippen molar-refractivity contribution in [3.8, 4) is 11.5 Å². The van der Waals surface area contributed by atoms with E-state index < -0.39 is 12.5 Å². The summed E-state index contributed by atoms with van der Waals surface area (Å²) in [4.78, 5) is 15.4. The maximum atomic E-state index is 12.6. The van der Waals surface area contributed by atoms with Gasteiger partial charge in [-0.3, -0.25) is 4.57 Å². The molecule has 0 aliphatic carbocycles. The Morgan fingerprint density at radius 2 is 2.22 bits per heavy atom. The molecule has 1 aromatic carbocycles. The van der Waals surface area contributed by atoms with E-state index >= 15 is 0 Å². The molecule has 0 radical (unpaired) electrons. The summed E-state index contributed by atoms with van der Waals surface area (Å²) in [6, 6.07) is 5.20. The van der Waals surface area contributed by atoms with Crippen LogP contribution < -0.4 is 9.47 Å². The standard InChI is InChI=1S/C15H12F2N2O4/c16-15(17)19-6-5-18-13(19)8-21-14(20)4-2-10-1-3-11-12(7-10)23-9-22-11/h1-7,15H,8-9H2/b4-2+. The van der Waals surface area contributed by atoms with Crippen LogP contribution in [0, 0.1) is 0 Å². The van der Waals surface area contributed by atoms with Gasteiger partial charge in [0.25, 0.3) is 0 Å². The van der Waals surface area contributed by atoms with E-state index in [0.717, 1.165) is 11.8 Å². The van der Waals surface area contributed by atoms with E-state index in [4.69, 9.17) is 14.2 Å². The van der Waals surface area contributed by atoms with Crippen LogP contribution >= 0.6 is 0 Å². The number of fused-ring (bicyclic) bond motifs is 1. The minimum absolute atomic E-state index is 0.0233. The summed E-state index contributed by atoms with van der Waals surface area (Å²) in [6.45, 7) is -2.89. The van der Waals surface area contributed by atoms with E-state index in [1.54, 1.807) is 18.2 Å². The third-order valence-electron chi connectivity index (χ3n) is 3.11. The van der Waals surface area contributed by atoms with E-state index in [-0.39, 0.29) is 19.2 Å². The molecule has 0 spiro atoms. The molecule has 0 bridgehead atoms. The molecule has 0 atom stereocenters. The monoisotopic (exact) mass is 322 g/mol. The van der Waals surface area contributed by atoms with Crippen molar-refractivity contribution in [3.05, 3.63) is 48.1 Å². The SMILES string of the molecule is O=C(/C=C/c1ccc2c(c1)OCO2)OCc1nccn1C(F)F. The van der Waals surface area contributed by atoms with Gasteiger partial charge in [-0.15, -0.1) is 0 Å². The molecule has 120 valence electrons. The average molecular weight is 322 g/mol. The van der Waals surface area contributed by atoms with Crippen LogP contribution in [-0.2, 0) is 16.1 Å². The van der Waals surface area contributed by atoms with Crippen LogP contribution in [0.4, 0.5) is 8.78 Å². The fourth-order valence-electron chi connectivity index (χ4n) is 2.00. The van der Waals surface area contributed by atoms with Gasteiger partial charge in [-0.1, -0.05) is 6.07 Å². The van der Waals surface area contributed by atoms with Crippen molar-refractivity contribution in [2.75, 3.05) is 6.79 Å². The predicted octanol–water partition coefficient (Wildman–Crippen LogP) is 2.76. The molecule has 1 aliphatic rings. The third-order valence-corrected chi connectivity index (χ3v) is 3.11. The second kappa shape index (κ2) is 6.47. The number of aromatic nitrogens is 2. The van der Waals surface area contributed by atoms with Gasteiger partial charge in [0.2, 0.25) is 6.79 Å². The van der Waals surface area contributed by atoms with Crippen molar-refractivity contribution >= 4 is 12.0 Å². The topological polar surface area (TPSA) is 62.6 Å². The lowest BCUT2D eigenvalue weighted by Gasteiger charge is -2.06. The molecule has 23 heavy (non-hydrogen) atoms. The Morgan fingerprint density at radius 3 is 3.04 bits per heavy atom. The molecular weight excluding hydrogens is 310 g/mol. The number of carbonyl (C=O) groups is 1. The molecule has 8 heteroatoms. The van der Waals surface area contributed by atoms with Gasteiger partial charge in [0, 0.05) is 18.5 Å². The zero-order chi connectivity index (χ0) is 16.2. The lowest BCUT2D eigenvalue weighted by atomic mass is 10.2. The van der Waals surface area contributed by atoms with Gasteiger partial charge < -0.3 is 14.2 Å². The minimum atomic E-state index is -2.73. The highest BCUT2D eigenvalue weighted by Gasteiger charge is 2.13. The normalized spacial score (nSPS) is 13.0. The molecule has 6 nitrogen and oxygen atoms in total. The summed E-state index contributed by atoms with van der Waals surface area (Å²) < 4.78 is 41.2. The van der Waals surface area contributed by atoms with Crippen molar-refractivity contribution in [3.63, 3.8) is 0 Å². The number of hydrogen-bond donors (Lipinski definition) is 0. The van der Waals surface area contributed by atoms with Crippen molar-refractivity contribution in [1.29, 1.82) is 0 Å². The van der Waals surface area contributed by atoms with Crippen LogP contribution in [0.5, 0.6) is 11.5 Å². The smallest absolute Gasteiger partial charge is 0.331 e. The summed E-state index contributed by atoms with van der Waals surface area (Å²) >= 11 is 0. The van der Waals surface area contributed by atoms with Crippen molar-refractivity contribution < 1.29 is 27.8 Å². The molecule has 0 saturated carbocycles. The number of carbonyl (C=O) groups excluding carboxylic acids is 1. The second-order valence-electron chi connectivity index (χ2n) is 4.58. The molecular formula is C15H12F2N2O4. The molecule has 0 amide bonds. The van der Waals surface area contributed by atoms with Gasteiger partial charge in [0.05, 0.1) is 0 Å². The highest BCUT2D eigenvalue weighted by molar-refractivity contribution is 5.87. The molecule has 2 aromatic rings. The number of esters is 1.